The molecule has 0 fully saturated rings. The second-order valence-corrected chi connectivity index (χ2v) is 7.53. The Bertz CT molecular complexity index is 690. The lowest BCUT2D eigenvalue weighted by Crippen LogP contribution is -2.39. The van der Waals surface area contributed by atoms with Gasteiger partial charge >= 0.3 is 0 Å². The first-order valence-electron chi connectivity index (χ1n) is 7.38. The molecule has 1 aromatic carbocycles. The Morgan fingerprint density at radius 2 is 1.96 bits per heavy atom. The van der Waals surface area contributed by atoms with Gasteiger partial charge in [-0.3, -0.25) is 4.79 Å². The molecule has 0 bridgehead atoms. The van der Waals surface area contributed by atoms with Crippen LogP contribution in [0.1, 0.15) is 36.1 Å². The van der Waals surface area contributed by atoms with Crippen molar-refractivity contribution in [2.45, 2.75) is 33.8 Å². The van der Waals surface area contributed by atoms with E-state index in [9.17, 15) is 14.3 Å². The number of halogens is 1. The fourth-order valence-corrected chi connectivity index (χ4v) is 2.89. The monoisotopic (exact) mass is 336 g/mol. The second-order valence-electron chi connectivity index (χ2n) is 6.53. The largest absolute Gasteiger partial charge is 0.391 e. The summed E-state index contributed by atoms with van der Waals surface area (Å²) in [5.74, 6) is -0.562. The SMILES string of the molecule is Cc1nc(-c2ccc(F)cc2)sc1C(=O)NCC(O)C(C)(C)C. The lowest BCUT2D eigenvalue weighted by molar-refractivity contribution is 0.0588. The molecular formula is C17H21FN2O2S. The number of aliphatic hydroxyl groups excluding tert-OH is 1. The van der Waals surface area contributed by atoms with Crippen LogP contribution in [0.15, 0.2) is 24.3 Å². The zero-order valence-electron chi connectivity index (χ0n) is 13.7. The average Bonchev–Trinajstić information content (AvgIpc) is 2.86. The van der Waals surface area contributed by atoms with Crippen molar-refractivity contribution in [2.75, 3.05) is 6.54 Å². The van der Waals surface area contributed by atoms with Crippen LogP contribution in [0.25, 0.3) is 10.6 Å². The smallest absolute Gasteiger partial charge is 0.263 e. The first-order valence-corrected chi connectivity index (χ1v) is 8.20. The minimum Gasteiger partial charge on any atom is -0.391 e. The quantitative estimate of drug-likeness (QED) is 0.899. The van der Waals surface area contributed by atoms with Crippen molar-refractivity contribution in [3.63, 3.8) is 0 Å². The van der Waals surface area contributed by atoms with E-state index in [2.05, 4.69) is 10.3 Å². The highest BCUT2D eigenvalue weighted by Gasteiger charge is 2.23. The first kappa shape index (κ1) is 17.6. The van der Waals surface area contributed by atoms with Crippen LogP contribution in [-0.4, -0.2) is 28.6 Å². The average molecular weight is 336 g/mol. The van der Waals surface area contributed by atoms with Gasteiger partial charge in [0.05, 0.1) is 11.8 Å². The van der Waals surface area contributed by atoms with Crippen LogP contribution in [0.5, 0.6) is 0 Å². The third-order valence-electron chi connectivity index (χ3n) is 3.55. The van der Waals surface area contributed by atoms with E-state index in [4.69, 9.17) is 0 Å². The van der Waals surface area contributed by atoms with Crippen molar-refractivity contribution in [3.05, 3.63) is 40.7 Å². The molecule has 1 amide bonds. The van der Waals surface area contributed by atoms with E-state index >= 15 is 0 Å². The lowest BCUT2D eigenvalue weighted by Gasteiger charge is -2.25. The molecule has 0 spiro atoms. The third-order valence-corrected chi connectivity index (χ3v) is 4.75. The molecule has 1 unspecified atom stereocenters. The van der Waals surface area contributed by atoms with E-state index in [-0.39, 0.29) is 23.7 Å². The standard InChI is InChI=1S/C17H21FN2O2S/c1-10-14(15(22)19-9-13(21)17(2,3)4)23-16(20-10)11-5-7-12(18)8-6-11/h5-8,13,21H,9H2,1-4H3,(H,19,22). The molecule has 0 aliphatic carbocycles. The minimum absolute atomic E-state index is 0.186. The van der Waals surface area contributed by atoms with E-state index in [0.29, 0.717) is 15.6 Å². The fourth-order valence-electron chi connectivity index (χ4n) is 1.90. The number of amides is 1. The van der Waals surface area contributed by atoms with Crippen molar-refractivity contribution in [3.8, 4) is 10.6 Å². The summed E-state index contributed by atoms with van der Waals surface area (Å²) < 4.78 is 13.0. The molecule has 6 heteroatoms. The Labute approximate surface area is 139 Å². The summed E-state index contributed by atoms with van der Waals surface area (Å²) in [5, 5.41) is 13.4. The predicted octanol–water partition coefficient (Wildman–Crippen LogP) is 3.39. The molecule has 1 aromatic heterocycles. The van der Waals surface area contributed by atoms with Gasteiger partial charge in [0.1, 0.15) is 15.7 Å². The zero-order chi connectivity index (χ0) is 17.2. The topological polar surface area (TPSA) is 62.2 Å². The van der Waals surface area contributed by atoms with Gasteiger partial charge in [0.25, 0.3) is 5.91 Å². The van der Waals surface area contributed by atoms with E-state index < -0.39 is 6.10 Å². The zero-order valence-corrected chi connectivity index (χ0v) is 14.5. The Balaban J connectivity index is 2.11. The van der Waals surface area contributed by atoms with E-state index in [1.165, 1.54) is 23.5 Å². The van der Waals surface area contributed by atoms with Gasteiger partial charge in [-0.1, -0.05) is 20.8 Å². The summed E-state index contributed by atoms with van der Waals surface area (Å²) in [6, 6.07) is 6.01. The first-order chi connectivity index (χ1) is 10.7. The van der Waals surface area contributed by atoms with Crippen molar-refractivity contribution >= 4 is 17.2 Å². The number of carbonyl (C=O) groups is 1. The van der Waals surface area contributed by atoms with Crippen LogP contribution < -0.4 is 5.32 Å². The summed E-state index contributed by atoms with van der Waals surface area (Å²) in [5.41, 5.74) is 1.10. The Hall–Kier alpha value is -1.79. The van der Waals surface area contributed by atoms with Gasteiger partial charge in [0, 0.05) is 12.1 Å². The highest BCUT2D eigenvalue weighted by atomic mass is 32.1. The molecule has 1 atom stereocenters. The number of aromatic nitrogens is 1. The molecule has 0 aliphatic heterocycles. The molecule has 0 saturated carbocycles. The van der Waals surface area contributed by atoms with Crippen molar-refractivity contribution in [2.24, 2.45) is 5.41 Å². The van der Waals surface area contributed by atoms with Crippen molar-refractivity contribution in [1.29, 1.82) is 0 Å². The maximum absolute atomic E-state index is 13.0. The fraction of sp³-hybridized carbons (Fsp3) is 0.412. The van der Waals surface area contributed by atoms with Crippen LogP contribution in [0.3, 0.4) is 0 Å². The second kappa shape index (κ2) is 6.76. The molecule has 1 heterocycles. The van der Waals surface area contributed by atoms with E-state index in [1.54, 1.807) is 19.1 Å². The Morgan fingerprint density at radius 1 is 1.35 bits per heavy atom. The Morgan fingerprint density at radius 3 is 2.52 bits per heavy atom. The van der Waals surface area contributed by atoms with Crippen LogP contribution in [0, 0.1) is 18.2 Å². The van der Waals surface area contributed by atoms with Gasteiger partial charge in [-0.15, -0.1) is 11.3 Å². The van der Waals surface area contributed by atoms with E-state index in [1.807, 2.05) is 20.8 Å². The van der Waals surface area contributed by atoms with Crippen LogP contribution >= 0.6 is 11.3 Å². The number of aryl methyl sites for hydroxylation is 1. The molecule has 0 aliphatic rings. The molecule has 23 heavy (non-hydrogen) atoms. The molecule has 2 rings (SSSR count). The number of hydrogen-bond acceptors (Lipinski definition) is 4. The van der Waals surface area contributed by atoms with Gasteiger partial charge in [0.15, 0.2) is 0 Å². The number of aliphatic hydroxyl groups is 1. The van der Waals surface area contributed by atoms with Gasteiger partial charge in [-0.05, 0) is 36.6 Å². The summed E-state index contributed by atoms with van der Waals surface area (Å²) in [6.45, 7) is 7.68. The van der Waals surface area contributed by atoms with Gasteiger partial charge in [-0.25, -0.2) is 9.37 Å². The number of hydrogen-bond donors (Lipinski definition) is 2. The van der Waals surface area contributed by atoms with Crippen LogP contribution in [-0.2, 0) is 0 Å². The number of rotatable bonds is 4. The minimum atomic E-state index is -0.628. The summed E-state index contributed by atoms with van der Waals surface area (Å²) in [7, 11) is 0. The molecule has 2 aromatic rings. The molecule has 4 nitrogen and oxygen atoms in total. The van der Waals surface area contributed by atoms with Crippen LogP contribution in [0.2, 0.25) is 0 Å². The molecule has 0 saturated heterocycles. The van der Waals surface area contributed by atoms with Crippen molar-refractivity contribution in [1.82, 2.24) is 10.3 Å². The molecule has 0 radical (unpaired) electrons. The van der Waals surface area contributed by atoms with E-state index in [0.717, 1.165) is 5.56 Å². The number of thiazole rings is 1. The highest BCUT2D eigenvalue weighted by molar-refractivity contribution is 7.17. The van der Waals surface area contributed by atoms with Gasteiger partial charge in [-0.2, -0.15) is 0 Å². The van der Waals surface area contributed by atoms with Gasteiger partial charge < -0.3 is 10.4 Å². The van der Waals surface area contributed by atoms with Gasteiger partial charge in [0.2, 0.25) is 0 Å². The predicted molar refractivity (Wildman–Crippen MR) is 90.0 cm³/mol. The molecular weight excluding hydrogens is 315 g/mol. The maximum Gasteiger partial charge on any atom is 0.263 e. The van der Waals surface area contributed by atoms with Crippen LogP contribution in [0.4, 0.5) is 4.39 Å². The normalized spacial score (nSPS) is 13.0. The highest BCUT2D eigenvalue weighted by Crippen LogP contribution is 2.28. The summed E-state index contributed by atoms with van der Waals surface area (Å²) in [4.78, 5) is 17.2. The third kappa shape index (κ3) is 4.36. The summed E-state index contributed by atoms with van der Waals surface area (Å²) in [6.07, 6.45) is -0.628. The lowest BCUT2D eigenvalue weighted by atomic mass is 9.89. The molecule has 124 valence electrons. The van der Waals surface area contributed by atoms with Crippen molar-refractivity contribution < 1.29 is 14.3 Å². The number of nitrogens with one attached hydrogen (secondary N) is 1. The Kier molecular flexibility index (Phi) is 5.16. The summed E-state index contributed by atoms with van der Waals surface area (Å²) >= 11 is 1.26. The number of nitrogens with zero attached hydrogens (tertiary/aromatic N) is 1. The maximum atomic E-state index is 13.0. The number of carbonyl (C=O) groups excluding carboxylic acids is 1. The number of benzene rings is 1. The molecule has 2 N–H and O–H groups in total.